The van der Waals surface area contributed by atoms with Gasteiger partial charge in [0.05, 0.1) is 39.9 Å². The summed E-state index contributed by atoms with van der Waals surface area (Å²) >= 11 is 0. The summed E-state index contributed by atoms with van der Waals surface area (Å²) in [5, 5.41) is 14.2. The van der Waals surface area contributed by atoms with Gasteiger partial charge < -0.3 is 19.8 Å². The van der Waals surface area contributed by atoms with Crippen LogP contribution in [-0.4, -0.2) is 73.4 Å². The van der Waals surface area contributed by atoms with E-state index >= 15 is 0 Å². The standard InChI is InChI=1S/C78H147N2O6P/c1-6-8-10-12-14-16-18-20-22-24-26-28-30-32-34-36-37-38-39-40-41-42-43-44-46-48-50-52-54-56-58-60-62-64-66-68-70-72-78(82)79-76(75-86-87(83,84)85-74-73-80(3,4)5)77(81)71-69-67-65-63-61-59-57-55-53-51-49-47-45-35-33-31-29-27-25-23-21-19-17-15-13-11-9-7-2/h8,10,14,16,20,22,26,28,32,34,37-38,76-77,81H,6-7,9,11-13,15,17-19,21,23-25,27,29-31,33,35-36,39-75H2,1-5H3,(H-,79,82,83,84)/p+1/b10-8-,16-14-,22-20-,28-26-,34-32-,38-37-. The van der Waals surface area contributed by atoms with Crippen molar-refractivity contribution in [3.05, 3.63) is 72.9 Å². The number of likely N-dealkylation sites (N-methyl/N-ethyl adjacent to an activating group) is 1. The van der Waals surface area contributed by atoms with Crippen molar-refractivity contribution in [2.45, 2.75) is 379 Å². The van der Waals surface area contributed by atoms with E-state index < -0.39 is 20.0 Å². The molecule has 3 N–H and O–H groups in total. The normalized spacial score (nSPS) is 14.0. The Morgan fingerprint density at radius 3 is 1.01 bits per heavy atom. The first kappa shape index (κ1) is 84.9. The third kappa shape index (κ3) is 71.2. The van der Waals surface area contributed by atoms with Crippen molar-refractivity contribution in [1.29, 1.82) is 0 Å². The van der Waals surface area contributed by atoms with E-state index in [0.717, 1.165) is 77.0 Å². The highest BCUT2D eigenvalue weighted by Gasteiger charge is 2.28. The van der Waals surface area contributed by atoms with Gasteiger partial charge in [0.2, 0.25) is 5.91 Å². The molecule has 0 aliphatic rings. The van der Waals surface area contributed by atoms with Gasteiger partial charge in [-0.25, -0.2) is 4.57 Å². The lowest BCUT2D eigenvalue weighted by atomic mass is 10.0. The number of phosphoric acid groups is 1. The van der Waals surface area contributed by atoms with Crippen molar-refractivity contribution in [3.8, 4) is 0 Å². The molecule has 3 unspecified atom stereocenters. The fourth-order valence-corrected chi connectivity index (χ4v) is 12.1. The lowest BCUT2D eigenvalue weighted by Gasteiger charge is -2.26. The largest absolute Gasteiger partial charge is 0.472 e. The molecule has 0 bridgehead atoms. The Labute approximate surface area is 542 Å². The van der Waals surface area contributed by atoms with Gasteiger partial charge in [0.25, 0.3) is 0 Å². The zero-order valence-corrected chi connectivity index (χ0v) is 59.4. The molecule has 87 heavy (non-hydrogen) atoms. The number of nitrogens with zero attached hydrogens (tertiary/aromatic N) is 1. The first-order valence-corrected chi connectivity index (χ1v) is 39.3. The number of carbonyl (C=O) groups excluding carboxylic acids is 1. The summed E-state index contributed by atoms with van der Waals surface area (Å²) < 4.78 is 23.9. The number of phosphoric ester groups is 1. The number of aliphatic hydroxyl groups is 1. The third-order valence-corrected chi connectivity index (χ3v) is 18.2. The summed E-state index contributed by atoms with van der Waals surface area (Å²) in [5.74, 6) is -0.139. The molecular formula is C78H148N2O6P+. The van der Waals surface area contributed by atoms with Gasteiger partial charge in [0.1, 0.15) is 13.2 Å². The van der Waals surface area contributed by atoms with Crippen molar-refractivity contribution >= 4 is 13.7 Å². The average molecular weight is 1240 g/mol. The number of hydrogen-bond donors (Lipinski definition) is 3. The molecule has 0 fully saturated rings. The lowest BCUT2D eigenvalue weighted by Crippen LogP contribution is -2.46. The van der Waals surface area contributed by atoms with Crippen molar-refractivity contribution in [3.63, 3.8) is 0 Å². The van der Waals surface area contributed by atoms with Gasteiger partial charge in [0, 0.05) is 6.42 Å². The van der Waals surface area contributed by atoms with Gasteiger partial charge in [-0.2, -0.15) is 0 Å². The summed E-state index contributed by atoms with van der Waals surface area (Å²) in [6, 6.07) is -0.764. The molecule has 0 rings (SSSR count). The van der Waals surface area contributed by atoms with Crippen molar-refractivity contribution < 1.29 is 32.9 Å². The predicted octanol–water partition coefficient (Wildman–Crippen LogP) is 24.5. The second kappa shape index (κ2) is 68.3. The molecule has 0 saturated carbocycles. The van der Waals surface area contributed by atoms with E-state index in [1.54, 1.807) is 0 Å². The fraction of sp³-hybridized carbons (Fsp3) is 0.833. The molecule has 1 amide bonds. The van der Waals surface area contributed by atoms with E-state index in [1.165, 1.54) is 263 Å². The Morgan fingerprint density at radius 1 is 0.402 bits per heavy atom. The fourth-order valence-electron chi connectivity index (χ4n) is 11.4. The number of aliphatic hydroxyl groups excluding tert-OH is 1. The van der Waals surface area contributed by atoms with E-state index in [2.05, 4.69) is 92.1 Å². The number of amides is 1. The minimum atomic E-state index is -4.33. The molecule has 9 heteroatoms. The average Bonchev–Trinajstić information content (AvgIpc) is 3.70. The molecule has 0 aliphatic carbocycles. The molecule has 0 radical (unpaired) electrons. The summed E-state index contributed by atoms with van der Waals surface area (Å²) in [4.78, 5) is 23.5. The predicted molar refractivity (Wildman–Crippen MR) is 383 cm³/mol. The van der Waals surface area contributed by atoms with Crippen molar-refractivity contribution in [2.75, 3.05) is 40.9 Å². The van der Waals surface area contributed by atoms with Gasteiger partial charge in [0.15, 0.2) is 0 Å². The Balaban J connectivity index is 3.97. The molecule has 3 atom stereocenters. The van der Waals surface area contributed by atoms with Crippen LogP contribution in [0.15, 0.2) is 72.9 Å². The molecule has 8 nitrogen and oxygen atoms in total. The Bertz CT molecular complexity index is 1650. The molecule has 0 heterocycles. The third-order valence-electron chi connectivity index (χ3n) is 17.2. The van der Waals surface area contributed by atoms with Gasteiger partial charge >= 0.3 is 7.82 Å². The van der Waals surface area contributed by atoms with Crippen molar-refractivity contribution in [2.24, 2.45) is 0 Å². The molecule has 0 spiro atoms. The number of rotatable bonds is 70. The maximum Gasteiger partial charge on any atom is 0.472 e. The van der Waals surface area contributed by atoms with Crippen molar-refractivity contribution in [1.82, 2.24) is 5.32 Å². The monoisotopic (exact) mass is 1240 g/mol. The van der Waals surface area contributed by atoms with E-state index in [4.69, 9.17) is 9.05 Å². The summed E-state index contributed by atoms with van der Waals surface area (Å²) in [6.07, 6.45) is 96.0. The SMILES string of the molecule is CC/C=C\C/C=C\C/C=C\C/C=C\C/C=C\C/C=C\CCCCCCCCCCCCCCCCCCCCC(=O)NC(COP(=O)(O)OCC[N+](C)(C)C)C(O)CCCCCCCCCCCCCCCCCCCCCCCCCCCCCC. The van der Waals surface area contributed by atoms with Gasteiger partial charge in [-0.3, -0.25) is 13.8 Å². The van der Waals surface area contributed by atoms with Crippen LogP contribution in [0.2, 0.25) is 0 Å². The number of hydrogen-bond acceptors (Lipinski definition) is 5. The van der Waals surface area contributed by atoms with E-state index in [9.17, 15) is 19.4 Å². The second-order valence-corrected chi connectivity index (χ2v) is 28.5. The molecule has 0 aromatic rings. The highest BCUT2D eigenvalue weighted by molar-refractivity contribution is 7.47. The second-order valence-electron chi connectivity index (χ2n) is 27.0. The molecule has 0 aromatic carbocycles. The van der Waals surface area contributed by atoms with Gasteiger partial charge in [-0.05, 0) is 64.2 Å². The highest BCUT2D eigenvalue weighted by Crippen LogP contribution is 2.43. The Hall–Kier alpha value is -2.06. The first-order valence-electron chi connectivity index (χ1n) is 37.8. The van der Waals surface area contributed by atoms with Crippen LogP contribution >= 0.6 is 7.82 Å². The van der Waals surface area contributed by atoms with Crippen LogP contribution in [0.25, 0.3) is 0 Å². The number of allylic oxidation sites excluding steroid dienone is 12. The first-order chi connectivity index (χ1) is 42.5. The number of nitrogens with one attached hydrogen (secondary N) is 1. The van der Waals surface area contributed by atoms with E-state index in [-0.39, 0.29) is 19.1 Å². The van der Waals surface area contributed by atoms with Crippen LogP contribution in [0.4, 0.5) is 0 Å². The molecule has 0 saturated heterocycles. The number of unbranched alkanes of at least 4 members (excludes halogenated alkanes) is 45. The minimum Gasteiger partial charge on any atom is -0.391 e. The summed E-state index contributed by atoms with van der Waals surface area (Å²) in [7, 11) is 1.63. The van der Waals surface area contributed by atoms with Crippen LogP contribution in [0.5, 0.6) is 0 Å². The molecular weight excluding hydrogens is 1090 g/mol. The van der Waals surface area contributed by atoms with Crippen LogP contribution in [0.3, 0.4) is 0 Å². The highest BCUT2D eigenvalue weighted by atomic mass is 31.2. The van der Waals surface area contributed by atoms with E-state index in [0.29, 0.717) is 23.9 Å². The van der Waals surface area contributed by atoms with Gasteiger partial charge in [-0.1, -0.05) is 369 Å². The summed E-state index contributed by atoms with van der Waals surface area (Å²) in [6.45, 7) is 4.83. The van der Waals surface area contributed by atoms with Crippen LogP contribution < -0.4 is 5.32 Å². The zero-order valence-electron chi connectivity index (χ0n) is 58.5. The smallest absolute Gasteiger partial charge is 0.391 e. The van der Waals surface area contributed by atoms with Crippen LogP contribution in [-0.2, 0) is 18.4 Å². The topological polar surface area (TPSA) is 105 Å². The Morgan fingerprint density at radius 2 is 0.690 bits per heavy atom. The number of quaternary nitrogens is 1. The zero-order chi connectivity index (χ0) is 63.4. The Kier molecular flexibility index (Phi) is 66.7. The lowest BCUT2D eigenvalue weighted by molar-refractivity contribution is -0.870. The molecule has 510 valence electrons. The maximum atomic E-state index is 13.1. The summed E-state index contributed by atoms with van der Waals surface area (Å²) in [5.41, 5.74) is 0. The van der Waals surface area contributed by atoms with E-state index in [1.807, 2.05) is 21.1 Å². The van der Waals surface area contributed by atoms with Gasteiger partial charge in [-0.15, -0.1) is 0 Å². The number of carbonyl (C=O) groups is 1. The van der Waals surface area contributed by atoms with Crippen LogP contribution in [0, 0.1) is 0 Å². The maximum absolute atomic E-state index is 13.1. The minimum absolute atomic E-state index is 0.0750. The molecule has 0 aliphatic heterocycles. The quantitative estimate of drug-likeness (QED) is 0.0243. The van der Waals surface area contributed by atoms with Crippen LogP contribution in [0.1, 0.15) is 367 Å². The molecule has 0 aromatic heterocycles.